The molecule has 2 heteroatoms. The van der Waals surface area contributed by atoms with Crippen molar-refractivity contribution >= 4 is 0 Å². The number of benzene rings is 1. The van der Waals surface area contributed by atoms with Crippen molar-refractivity contribution in [3.8, 4) is 11.4 Å². The molecule has 0 unspecified atom stereocenters. The van der Waals surface area contributed by atoms with Gasteiger partial charge >= 0.3 is 0 Å². The lowest BCUT2D eigenvalue weighted by molar-refractivity contribution is 1.15. The first-order valence-electron chi connectivity index (χ1n) is 4.29. The Hall–Kier alpha value is -1.57. The summed E-state index contributed by atoms with van der Waals surface area (Å²) in [5.74, 6) is 0.916. The van der Waals surface area contributed by atoms with Gasteiger partial charge in [-0.25, -0.2) is 4.98 Å². The van der Waals surface area contributed by atoms with Crippen molar-refractivity contribution in [2.75, 3.05) is 0 Å². The highest BCUT2D eigenvalue weighted by molar-refractivity contribution is 5.54. The minimum Gasteiger partial charge on any atom is -0.344 e. The monoisotopic (exact) mass is 171 g/mol. The molecule has 0 amide bonds. The topological polar surface area (TPSA) is 28.7 Å². The Morgan fingerprint density at radius 2 is 2.00 bits per heavy atom. The highest BCUT2D eigenvalue weighted by Crippen LogP contribution is 2.14. The molecule has 0 spiro atoms. The van der Waals surface area contributed by atoms with Gasteiger partial charge in [0.25, 0.3) is 0 Å². The van der Waals surface area contributed by atoms with Gasteiger partial charge in [0.15, 0.2) is 0 Å². The molecule has 1 aromatic carbocycles. The van der Waals surface area contributed by atoms with E-state index in [0.717, 1.165) is 23.5 Å². The predicted molar refractivity (Wildman–Crippen MR) is 53.1 cm³/mol. The third-order valence-corrected chi connectivity index (χ3v) is 1.93. The molecule has 0 bridgehead atoms. The number of hydrogen-bond acceptors (Lipinski definition) is 1. The van der Waals surface area contributed by atoms with Gasteiger partial charge in [0.1, 0.15) is 5.82 Å². The van der Waals surface area contributed by atoms with Crippen LogP contribution in [0.2, 0.25) is 0 Å². The van der Waals surface area contributed by atoms with Crippen molar-refractivity contribution < 1.29 is 0 Å². The van der Waals surface area contributed by atoms with Crippen molar-refractivity contribution in [1.29, 1.82) is 0 Å². The van der Waals surface area contributed by atoms with Crippen LogP contribution in [0.25, 0.3) is 11.4 Å². The average Bonchev–Trinajstić information content (AvgIpc) is 2.67. The summed E-state index contributed by atoms with van der Waals surface area (Å²) in [4.78, 5) is 7.50. The summed E-state index contributed by atoms with van der Waals surface area (Å²) in [6.07, 6.45) is 2.62. The Morgan fingerprint density at radius 1 is 1.23 bits per heavy atom. The summed E-state index contributed by atoms with van der Waals surface area (Å²) < 4.78 is 0. The van der Waals surface area contributed by atoms with Crippen LogP contribution < -0.4 is 0 Å². The fraction of sp³-hybridized carbons (Fsp3) is 0.0909. The summed E-state index contributed by atoms with van der Waals surface area (Å²) in [6, 6.07) is 10.1. The molecule has 1 radical (unpaired) electrons. The first-order chi connectivity index (χ1) is 6.40. The summed E-state index contributed by atoms with van der Waals surface area (Å²) >= 11 is 0. The number of H-pyrrole nitrogens is 1. The number of aromatic nitrogens is 2. The Bertz CT molecular complexity index is 376. The van der Waals surface area contributed by atoms with Gasteiger partial charge in [-0.1, -0.05) is 30.3 Å². The smallest absolute Gasteiger partial charge is 0.137 e. The van der Waals surface area contributed by atoms with Gasteiger partial charge in [0.2, 0.25) is 0 Å². The highest BCUT2D eigenvalue weighted by Gasteiger charge is 2.00. The van der Waals surface area contributed by atoms with Gasteiger partial charge < -0.3 is 4.98 Å². The second kappa shape index (κ2) is 3.44. The molecule has 2 aromatic rings. The van der Waals surface area contributed by atoms with E-state index in [0.29, 0.717) is 0 Å². The zero-order valence-corrected chi connectivity index (χ0v) is 7.33. The van der Waals surface area contributed by atoms with E-state index in [-0.39, 0.29) is 0 Å². The van der Waals surface area contributed by atoms with Gasteiger partial charge in [0.05, 0.1) is 5.69 Å². The molecule has 13 heavy (non-hydrogen) atoms. The quantitative estimate of drug-likeness (QED) is 0.738. The lowest BCUT2D eigenvalue weighted by atomic mass is 10.2. The van der Waals surface area contributed by atoms with E-state index in [4.69, 9.17) is 0 Å². The third kappa shape index (κ3) is 1.61. The average molecular weight is 171 g/mol. The van der Waals surface area contributed by atoms with E-state index in [1.807, 2.05) is 36.5 Å². The molecular weight excluding hydrogens is 160 g/mol. The molecule has 0 atom stereocenters. The number of aromatic amines is 1. The number of imidazole rings is 1. The SMILES string of the molecule is [CH2]Cc1c[nH]c(-c2ccccc2)n1. The first kappa shape index (κ1) is 8.05. The van der Waals surface area contributed by atoms with Gasteiger partial charge in [-0.3, -0.25) is 0 Å². The summed E-state index contributed by atoms with van der Waals surface area (Å²) in [5, 5.41) is 0. The van der Waals surface area contributed by atoms with Crippen LogP contribution in [0.3, 0.4) is 0 Å². The van der Waals surface area contributed by atoms with Crippen LogP contribution >= 0.6 is 0 Å². The lowest BCUT2D eigenvalue weighted by Gasteiger charge is -1.93. The zero-order valence-electron chi connectivity index (χ0n) is 7.33. The normalized spacial score (nSPS) is 10.2. The molecule has 0 saturated carbocycles. The zero-order chi connectivity index (χ0) is 9.10. The van der Waals surface area contributed by atoms with Gasteiger partial charge in [0, 0.05) is 11.8 Å². The molecule has 1 aromatic heterocycles. The minimum absolute atomic E-state index is 0.726. The molecule has 1 N–H and O–H groups in total. The van der Waals surface area contributed by atoms with Gasteiger partial charge in [-0.05, 0) is 13.3 Å². The maximum absolute atomic E-state index is 4.38. The molecular formula is C11H11N2. The van der Waals surface area contributed by atoms with E-state index in [1.165, 1.54) is 0 Å². The van der Waals surface area contributed by atoms with Crippen LogP contribution in [-0.4, -0.2) is 9.97 Å². The second-order valence-corrected chi connectivity index (χ2v) is 2.86. The summed E-state index contributed by atoms with van der Waals surface area (Å²) in [6.45, 7) is 3.78. The van der Waals surface area contributed by atoms with E-state index in [2.05, 4.69) is 16.9 Å². The van der Waals surface area contributed by atoms with E-state index < -0.39 is 0 Å². The van der Waals surface area contributed by atoms with Crippen LogP contribution in [0.5, 0.6) is 0 Å². The minimum atomic E-state index is 0.726. The van der Waals surface area contributed by atoms with Crippen molar-refractivity contribution in [3.05, 3.63) is 49.1 Å². The van der Waals surface area contributed by atoms with Crippen molar-refractivity contribution in [2.24, 2.45) is 0 Å². The van der Waals surface area contributed by atoms with Crippen LogP contribution in [-0.2, 0) is 6.42 Å². The van der Waals surface area contributed by atoms with Crippen molar-refractivity contribution in [1.82, 2.24) is 9.97 Å². The summed E-state index contributed by atoms with van der Waals surface area (Å²) in [5.41, 5.74) is 2.11. The molecule has 1 heterocycles. The maximum atomic E-state index is 4.38. The van der Waals surface area contributed by atoms with Gasteiger partial charge in [-0.2, -0.15) is 0 Å². The molecule has 0 aliphatic heterocycles. The number of nitrogens with one attached hydrogen (secondary N) is 1. The predicted octanol–water partition coefficient (Wildman–Crippen LogP) is 2.45. The van der Waals surface area contributed by atoms with Crippen molar-refractivity contribution in [3.63, 3.8) is 0 Å². The molecule has 0 saturated heterocycles. The molecule has 2 rings (SSSR count). The number of hydrogen-bond donors (Lipinski definition) is 1. The molecule has 0 aliphatic carbocycles. The Balaban J connectivity index is 2.36. The molecule has 0 aliphatic rings. The van der Waals surface area contributed by atoms with E-state index in [9.17, 15) is 0 Å². The second-order valence-electron chi connectivity index (χ2n) is 2.86. The fourth-order valence-electron chi connectivity index (χ4n) is 1.23. The molecule has 2 nitrogen and oxygen atoms in total. The standard InChI is InChI=1S/C11H11N2/c1-2-10-8-12-11(13-10)9-6-4-3-5-7-9/h3-8H,1-2H2,(H,12,13). The van der Waals surface area contributed by atoms with Crippen LogP contribution in [0.4, 0.5) is 0 Å². The molecule has 0 fully saturated rings. The third-order valence-electron chi connectivity index (χ3n) is 1.93. The number of nitrogens with zero attached hydrogens (tertiary/aromatic N) is 1. The van der Waals surface area contributed by atoms with E-state index in [1.54, 1.807) is 0 Å². The Morgan fingerprint density at radius 3 is 2.62 bits per heavy atom. The van der Waals surface area contributed by atoms with Gasteiger partial charge in [-0.15, -0.1) is 0 Å². The highest BCUT2D eigenvalue weighted by atomic mass is 14.9. The van der Waals surface area contributed by atoms with Crippen LogP contribution in [0.15, 0.2) is 36.5 Å². The Labute approximate surface area is 77.6 Å². The number of rotatable bonds is 2. The fourth-order valence-corrected chi connectivity index (χ4v) is 1.23. The van der Waals surface area contributed by atoms with Crippen LogP contribution in [0.1, 0.15) is 5.69 Å². The summed E-state index contributed by atoms with van der Waals surface area (Å²) in [7, 11) is 0. The largest absolute Gasteiger partial charge is 0.344 e. The first-order valence-corrected chi connectivity index (χ1v) is 4.29. The van der Waals surface area contributed by atoms with Crippen LogP contribution in [0, 0.1) is 6.92 Å². The Kier molecular flexibility index (Phi) is 2.13. The van der Waals surface area contributed by atoms with E-state index >= 15 is 0 Å². The maximum Gasteiger partial charge on any atom is 0.137 e. The lowest BCUT2D eigenvalue weighted by Crippen LogP contribution is -1.81. The molecule has 65 valence electrons. The van der Waals surface area contributed by atoms with Crippen molar-refractivity contribution in [2.45, 2.75) is 6.42 Å².